The van der Waals surface area contributed by atoms with Gasteiger partial charge in [-0.05, 0) is 12.1 Å². The van der Waals surface area contributed by atoms with Gasteiger partial charge >= 0.3 is 0 Å². The van der Waals surface area contributed by atoms with Crippen LogP contribution in [0.2, 0.25) is 0 Å². The number of halogens is 1. The van der Waals surface area contributed by atoms with Crippen LogP contribution < -0.4 is 9.47 Å². The van der Waals surface area contributed by atoms with Crippen LogP contribution >= 0.6 is 15.9 Å². The zero-order valence-corrected chi connectivity index (χ0v) is 14.2. The molecule has 0 aliphatic carbocycles. The molecular formula is C16H14BrNO5. The monoisotopic (exact) mass is 379 g/mol. The Labute approximate surface area is 141 Å². The van der Waals surface area contributed by atoms with Crippen molar-refractivity contribution >= 4 is 38.5 Å². The lowest BCUT2D eigenvalue weighted by molar-refractivity contribution is -0.0850. The average molecular weight is 380 g/mol. The summed E-state index contributed by atoms with van der Waals surface area (Å²) >= 11 is 3.20. The molecule has 0 unspecified atom stereocenters. The second kappa shape index (κ2) is 6.17. The van der Waals surface area contributed by atoms with Crippen LogP contribution in [0, 0.1) is 0 Å². The van der Waals surface area contributed by atoms with Crippen molar-refractivity contribution in [2.75, 3.05) is 26.2 Å². The van der Waals surface area contributed by atoms with Gasteiger partial charge in [0.05, 0.1) is 37.3 Å². The van der Waals surface area contributed by atoms with Gasteiger partial charge in [-0.1, -0.05) is 28.1 Å². The molecule has 1 heterocycles. The Morgan fingerprint density at radius 2 is 1.83 bits per heavy atom. The van der Waals surface area contributed by atoms with Gasteiger partial charge in [-0.2, -0.15) is 0 Å². The molecule has 2 aromatic rings. The molecule has 3 rings (SSSR count). The number of benzene rings is 2. The summed E-state index contributed by atoms with van der Waals surface area (Å²) in [7, 11) is 3.05. The van der Waals surface area contributed by atoms with Crippen LogP contribution in [0.4, 0.5) is 0 Å². The zero-order chi connectivity index (χ0) is 16.6. The Morgan fingerprint density at radius 3 is 2.48 bits per heavy atom. The third kappa shape index (κ3) is 2.36. The Balaban J connectivity index is 2.26. The van der Waals surface area contributed by atoms with E-state index in [1.807, 2.05) is 0 Å². The maximum absolute atomic E-state index is 12.6. The standard InChI is InChI=1S/C16H14BrNO5/c1-21-11-5-3-4-9-13-10(8-12(22-2)14(9)11)15(19)18(16(13)20)23-7-6-17/h3-5,8H,6-7H2,1-2H3. The van der Waals surface area contributed by atoms with E-state index in [1.54, 1.807) is 31.4 Å². The van der Waals surface area contributed by atoms with Crippen molar-refractivity contribution in [2.24, 2.45) is 0 Å². The Bertz CT molecular complexity index is 805. The third-order valence-corrected chi connectivity index (χ3v) is 3.96. The SMILES string of the molecule is COc1cccc2c3c(cc(OC)c12)C(=O)N(OCCBr)C3=O. The third-order valence-electron chi connectivity index (χ3n) is 3.64. The molecule has 0 saturated heterocycles. The van der Waals surface area contributed by atoms with Gasteiger partial charge in [-0.25, -0.2) is 0 Å². The predicted octanol–water partition coefficient (Wildman–Crippen LogP) is 2.78. The van der Waals surface area contributed by atoms with Crippen LogP contribution in [0.5, 0.6) is 11.5 Å². The molecule has 120 valence electrons. The van der Waals surface area contributed by atoms with E-state index in [0.717, 1.165) is 5.06 Å². The van der Waals surface area contributed by atoms with E-state index in [4.69, 9.17) is 14.3 Å². The molecule has 1 aliphatic heterocycles. The number of hydrogen-bond acceptors (Lipinski definition) is 5. The first-order chi connectivity index (χ1) is 11.1. The highest BCUT2D eigenvalue weighted by Gasteiger charge is 2.39. The lowest BCUT2D eigenvalue weighted by Gasteiger charge is -2.12. The minimum Gasteiger partial charge on any atom is -0.496 e. The van der Waals surface area contributed by atoms with E-state index in [0.29, 0.717) is 33.2 Å². The Morgan fingerprint density at radius 1 is 1.09 bits per heavy atom. The number of amides is 2. The van der Waals surface area contributed by atoms with E-state index in [1.165, 1.54) is 7.11 Å². The van der Waals surface area contributed by atoms with Crippen molar-refractivity contribution in [1.82, 2.24) is 5.06 Å². The predicted molar refractivity (Wildman–Crippen MR) is 87.3 cm³/mol. The molecule has 0 spiro atoms. The number of methoxy groups -OCH3 is 2. The van der Waals surface area contributed by atoms with Gasteiger partial charge in [0.1, 0.15) is 11.5 Å². The number of fused-ring (bicyclic) bond motifs is 3. The van der Waals surface area contributed by atoms with Crippen LogP contribution in [-0.2, 0) is 4.84 Å². The molecular weight excluding hydrogens is 366 g/mol. The number of hydrogen-bond donors (Lipinski definition) is 0. The first kappa shape index (κ1) is 15.8. The summed E-state index contributed by atoms with van der Waals surface area (Å²) in [5.41, 5.74) is 0.571. The summed E-state index contributed by atoms with van der Waals surface area (Å²) < 4.78 is 10.7. The fourth-order valence-electron chi connectivity index (χ4n) is 2.69. The summed E-state index contributed by atoms with van der Waals surface area (Å²) in [6.45, 7) is 0.212. The minimum atomic E-state index is -0.492. The first-order valence-corrected chi connectivity index (χ1v) is 8.01. The summed E-state index contributed by atoms with van der Waals surface area (Å²) in [5.74, 6) is 0.0720. The van der Waals surface area contributed by atoms with Crippen LogP contribution in [-0.4, -0.2) is 43.0 Å². The molecule has 2 aromatic carbocycles. The van der Waals surface area contributed by atoms with Crippen molar-refractivity contribution in [2.45, 2.75) is 0 Å². The van der Waals surface area contributed by atoms with Crippen LogP contribution in [0.15, 0.2) is 24.3 Å². The van der Waals surface area contributed by atoms with Crippen molar-refractivity contribution < 1.29 is 23.9 Å². The highest BCUT2D eigenvalue weighted by molar-refractivity contribution is 9.09. The molecule has 0 saturated carbocycles. The molecule has 0 atom stereocenters. The fraction of sp³-hybridized carbons (Fsp3) is 0.250. The number of imide groups is 1. The molecule has 2 amide bonds. The smallest absolute Gasteiger partial charge is 0.286 e. The number of hydroxylamine groups is 2. The normalized spacial score (nSPS) is 13.6. The maximum Gasteiger partial charge on any atom is 0.286 e. The van der Waals surface area contributed by atoms with Crippen molar-refractivity contribution in [3.8, 4) is 11.5 Å². The van der Waals surface area contributed by atoms with Gasteiger partial charge in [0, 0.05) is 10.7 Å². The maximum atomic E-state index is 12.6. The number of nitrogens with zero attached hydrogens (tertiary/aromatic N) is 1. The second-order valence-electron chi connectivity index (χ2n) is 4.81. The minimum absolute atomic E-state index is 0.212. The lowest BCUT2D eigenvalue weighted by atomic mass is 9.98. The van der Waals surface area contributed by atoms with Gasteiger partial charge < -0.3 is 9.47 Å². The molecule has 0 N–H and O–H groups in total. The van der Waals surface area contributed by atoms with Crippen molar-refractivity contribution in [3.05, 3.63) is 35.4 Å². The van der Waals surface area contributed by atoms with E-state index in [-0.39, 0.29) is 12.2 Å². The largest absolute Gasteiger partial charge is 0.496 e. The van der Waals surface area contributed by atoms with Gasteiger partial charge in [-0.3, -0.25) is 14.4 Å². The van der Waals surface area contributed by atoms with Gasteiger partial charge in [-0.15, -0.1) is 5.06 Å². The number of alkyl halides is 1. The van der Waals surface area contributed by atoms with Gasteiger partial charge in [0.2, 0.25) is 0 Å². The van der Waals surface area contributed by atoms with Crippen LogP contribution in [0.3, 0.4) is 0 Å². The lowest BCUT2D eigenvalue weighted by Crippen LogP contribution is -2.30. The number of ether oxygens (including phenoxy) is 2. The summed E-state index contributed by atoms with van der Waals surface area (Å²) in [6, 6.07) is 6.86. The van der Waals surface area contributed by atoms with Crippen LogP contribution in [0.1, 0.15) is 20.7 Å². The van der Waals surface area contributed by atoms with Crippen molar-refractivity contribution in [1.29, 1.82) is 0 Å². The Kier molecular flexibility index (Phi) is 4.23. The summed E-state index contributed by atoms with van der Waals surface area (Å²) in [6.07, 6.45) is 0. The van der Waals surface area contributed by atoms with Gasteiger partial charge in [0.15, 0.2) is 0 Å². The number of carbonyl (C=O) groups excluding carboxylic acids is 2. The molecule has 7 heteroatoms. The molecule has 0 radical (unpaired) electrons. The second-order valence-corrected chi connectivity index (χ2v) is 5.60. The molecule has 0 bridgehead atoms. The Hall–Kier alpha value is -2.12. The quantitative estimate of drug-likeness (QED) is 0.590. The topological polar surface area (TPSA) is 65.1 Å². The summed E-state index contributed by atoms with van der Waals surface area (Å²) in [5, 5.41) is 2.56. The molecule has 0 aromatic heterocycles. The van der Waals surface area contributed by atoms with E-state index < -0.39 is 11.8 Å². The molecule has 23 heavy (non-hydrogen) atoms. The zero-order valence-electron chi connectivity index (χ0n) is 12.6. The molecule has 0 fully saturated rings. The number of carbonyl (C=O) groups is 2. The first-order valence-electron chi connectivity index (χ1n) is 6.89. The number of rotatable bonds is 5. The fourth-order valence-corrected chi connectivity index (χ4v) is 2.84. The van der Waals surface area contributed by atoms with Gasteiger partial charge in [0.25, 0.3) is 11.8 Å². The van der Waals surface area contributed by atoms with Crippen molar-refractivity contribution in [3.63, 3.8) is 0 Å². The molecule has 1 aliphatic rings. The van der Waals surface area contributed by atoms with E-state index in [9.17, 15) is 9.59 Å². The van der Waals surface area contributed by atoms with E-state index >= 15 is 0 Å². The highest BCUT2D eigenvalue weighted by Crippen LogP contribution is 2.40. The van der Waals surface area contributed by atoms with E-state index in [2.05, 4.69) is 15.9 Å². The molecule has 6 nitrogen and oxygen atoms in total. The highest BCUT2D eigenvalue weighted by atomic mass is 79.9. The van der Waals surface area contributed by atoms with Crippen LogP contribution in [0.25, 0.3) is 10.8 Å². The summed E-state index contributed by atoms with van der Waals surface area (Å²) in [4.78, 5) is 30.3. The average Bonchev–Trinajstić information content (AvgIpc) is 2.82.